The lowest BCUT2D eigenvalue weighted by molar-refractivity contribution is -0.137. The first kappa shape index (κ1) is 18.1. The van der Waals surface area contributed by atoms with E-state index in [-0.39, 0.29) is 12.4 Å². The molecule has 0 atom stereocenters. The Hall–Kier alpha value is -2.28. The Balaban J connectivity index is 1.99. The molecule has 124 valence electrons. The van der Waals surface area contributed by atoms with Crippen LogP contribution in [0.3, 0.4) is 0 Å². The molecule has 0 saturated heterocycles. The fraction of sp³-hybridized carbons (Fsp3) is 0.125. The normalized spacial score (nSPS) is 11.3. The molecular formula is C16H11F3IN3O. The van der Waals surface area contributed by atoms with E-state index in [1.807, 2.05) is 6.07 Å². The number of rotatable bonds is 5. The third-order valence-corrected chi connectivity index (χ3v) is 3.59. The summed E-state index contributed by atoms with van der Waals surface area (Å²) in [6, 6.07) is 7.51. The van der Waals surface area contributed by atoms with Crippen LogP contribution >= 0.6 is 22.6 Å². The molecule has 1 aromatic carbocycles. The third kappa shape index (κ3) is 5.13. The highest BCUT2D eigenvalue weighted by molar-refractivity contribution is 14.1. The van der Waals surface area contributed by atoms with Gasteiger partial charge in [-0.05, 0) is 58.5 Å². The van der Waals surface area contributed by atoms with Crippen LogP contribution in [0.5, 0.6) is 5.75 Å². The molecule has 1 heterocycles. The van der Waals surface area contributed by atoms with Gasteiger partial charge in [0.15, 0.2) is 0 Å². The summed E-state index contributed by atoms with van der Waals surface area (Å²) in [6.45, 7) is 0.185. The summed E-state index contributed by atoms with van der Waals surface area (Å²) in [5.41, 5.74) is 2.54. The quantitative estimate of drug-likeness (QED) is 0.326. The molecule has 0 bridgehead atoms. The van der Waals surface area contributed by atoms with E-state index in [2.05, 4.69) is 44.0 Å². The van der Waals surface area contributed by atoms with Crippen molar-refractivity contribution in [3.05, 3.63) is 51.2 Å². The summed E-state index contributed by atoms with van der Waals surface area (Å²) < 4.78 is 43.5. The van der Waals surface area contributed by atoms with E-state index in [0.717, 1.165) is 21.4 Å². The number of terminal acetylenes is 1. The van der Waals surface area contributed by atoms with Crippen LogP contribution in [0, 0.1) is 15.9 Å². The van der Waals surface area contributed by atoms with Crippen LogP contribution in [0.25, 0.3) is 0 Å². The first-order valence-corrected chi connectivity index (χ1v) is 7.66. The van der Waals surface area contributed by atoms with Crippen LogP contribution in [0.1, 0.15) is 11.1 Å². The SMILES string of the molecule is C#CCOc1ccc(/C=N\Nc2ccc(C(F)(F)F)cn2)cc1I. The lowest BCUT2D eigenvalue weighted by atomic mass is 10.2. The van der Waals surface area contributed by atoms with Gasteiger partial charge in [-0.15, -0.1) is 6.42 Å². The molecule has 0 aliphatic carbocycles. The van der Waals surface area contributed by atoms with Crippen LogP contribution in [0.2, 0.25) is 0 Å². The van der Waals surface area contributed by atoms with Gasteiger partial charge in [-0.3, -0.25) is 5.43 Å². The second kappa shape index (κ2) is 8.01. The number of nitrogens with one attached hydrogen (secondary N) is 1. The Labute approximate surface area is 150 Å². The van der Waals surface area contributed by atoms with Crippen LogP contribution in [0.4, 0.5) is 19.0 Å². The van der Waals surface area contributed by atoms with Gasteiger partial charge < -0.3 is 4.74 Å². The molecule has 1 N–H and O–H groups in total. The minimum atomic E-state index is -4.41. The van der Waals surface area contributed by atoms with E-state index >= 15 is 0 Å². The van der Waals surface area contributed by atoms with Crippen LogP contribution < -0.4 is 10.2 Å². The van der Waals surface area contributed by atoms with E-state index in [1.165, 1.54) is 12.3 Å². The first-order valence-electron chi connectivity index (χ1n) is 6.58. The monoisotopic (exact) mass is 445 g/mol. The fourth-order valence-corrected chi connectivity index (χ4v) is 2.33. The number of benzene rings is 1. The maximum absolute atomic E-state index is 12.4. The van der Waals surface area contributed by atoms with Gasteiger partial charge in [0, 0.05) is 6.20 Å². The number of hydrogen-bond donors (Lipinski definition) is 1. The topological polar surface area (TPSA) is 46.5 Å². The van der Waals surface area contributed by atoms with Gasteiger partial charge in [0.2, 0.25) is 0 Å². The Morgan fingerprint density at radius 2 is 2.12 bits per heavy atom. The predicted octanol–water partition coefficient (Wildman–Crippen LogP) is 4.16. The molecule has 24 heavy (non-hydrogen) atoms. The zero-order valence-electron chi connectivity index (χ0n) is 12.1. The molecule has 0 spiro atoms. The van der Waals surface area contributed by atoms with Crippen LogP contribution in [-0.4, -0.2) is 17.8 Å². The zero-order valence-corrected chi connectivity index (χ0v) is 14.3. The molecule has 0 fully saturated rings. The highest BCUT2D eigenvalue weighted by Gasteiger charge is 2.30. The molecule has 0 radical (unpaired) electrons. The van der Waals surface area contributed by atoms with Crippen molar-refractivity contribution in [2.24, 2.45) is 5.10 Å². The molecule has 0 saturated carbocycles. The number of alkyl halides is 3. The van der Waals surface area contributed by atoms with Crippen LogP contribution in [0.15, 0.2) is 41.6 Å². The molecule has 0 aliphatic rings. The predicted molar refractivity (Wildman–Crippen MR) is 93.9 cm³/mol. The smallest absolute Gasteiger partial charge is 0.417 e. The highest BCUT2D eigenvalue weighted by atomic mass is 127. The number of pyridine rings is 1. The largest absolute Gasteiger partial charge is 0.480 e. The molecule has 0 aliphatic heterocycles. The van der Waals surface area contributed by atoms with E-state index in [9.17, 15) is 13.2 Å². The van der Waals surface area contributed by atoms with E-state index < -0.39 is 11.7 Å². The number of nitrogens with zero attached hydrogens (tertiary/aromatic N) is 2. The zero-order chi connectivity index (χ0) is 17.6. The van der Waals surface area contributed by atoms with E-state index in [4.69, 9.17) is 11.2 Å². The molecule has 2 aromatic rings. The van der Waals surface area contributed by atoms with Gasteiger partial charge in [-0.25, -0.2) is 4.98 Å². The third-order valence-electron chi connectivity index (χ3n) is 2.75. The van der Waals surface area contributed by atoms with Crippen molar-refractivity contribution < 1.29 is 17.9 Å². The van der Waals surface area contributed by atoms with Gasteiger partial charge in [0.1, 0.15) is 18.2 Å². The number of halogens is 4. The second-order valence-electron chi connectivity index (χ2n) is 4.48. The summed E-state index contributed by atoms with van der Waals surface area (Å²) in [6.07, 6.45) is 3.00. The molecule has 4 nitrogen and oxygen atoms in total. The van der Waals surface area contributed by atoms with Crippen molar-refractivity contribution in [2.45, 2.75) is 6.18 Å². The average Bonchev–Trinajstić information content (AvgIpc) is 2.54. The first-order chi connectivity index (χ1) is 11.4. The minimum Gasteiger partial charge on any atom is -0.480 e. The van der Waals surface area contributed by atoms with Gasteiger partial charge in [0.25, 0.3) is 0 Å². The van der Waals surface area contributed by atoms with Crippen molar-refractivity contribution in [1.29, 1.82) is 0 Å². The molecular weight excluding hydrogens is 434 g/mol. The molecule has 8 heteroatoms. The molecule has 1 aromatic heterocycles. The Bertz CT molecular complexity index is 768. The Kier molecular flexibility index (Phi) is 6.03. The van der Waals surface area contributed by atoms with Gasteiger partial charge in [0.05, 0.1) is 15.3 Å². The summed E-state index contributed by atoms with van der Waals surface area (Å²) in [7, 11) is 0. The summed E-state index contributed by atoms with van der Waals surface area (Å²) in [5, 5.41) is 3.94. The highest BCUT2D eigenvalue weighted by Crippen LogP contribution is 2.28. The Morgan fingerprint density at radius 3 is 2.71 bits per heavy atom. The van der Waals surface area contributed by atoms with Crippen molar-refractivity contribution >= 4 is 34.6 Å². The minimum absolute atomic E-state index is 0.185. The average molecular weight is 445 g/mol. The van der Waals surface area contributed by atoms with Crippen molar-refractivity contribution in [3.63, 3.8) is 0 Å². The van der Waals surface area contributed by atoms with Gasteiger partial charge >= 0.3 is 6.18 Å². The summed E-state index contributed by atoms with van der Waals surface area (Å²) in [5.74, 6) is 3.26. The van der Waals surface area contributed by atoms with Crippen molar-refractivity contribution in [3.8, 4) is 18.1 Å². The fourth-order valence-electron chi connectivity index (χ4n) is 1.63. The van der Waals surface area contributed by atoms with Gasteiger partial charge in [-0.1, -0.05) is 5.92 Å². The maximum atomic E-state index is 12.4. The second-order valence-corrected chi connectivity index (χ2v) is 5.64. The van der Waals surface area contributed by atoms with Crippen molar-refractivity contribution in [1.82, 2.24) is 4.98 Å². The summed E-state index contributed by atoms with van der Waals surface area (Å²) >= 11 is 2.11. The van der Waals surface area contributed by atoms with E-state index in [0.29, 0.717) is 5.75 Å². The molecule has 0 amide bonds. The Morgan fingerprint density at radius 1 is 1.33 bits per heavy atom. The molecule has 2 rings (SSSR count). The van der Waals surface area contributed by atoms with E-state index in [1.54, 1.807) is 12.1 Å². The van der Waals surface area contributed by atoms with Crippen LogP contribution in [-0.2, 0) is 6.18 Å². The van der Waals surface area contributed by atoms with Crippen molar-refractivity contribution in [2.75, 3.05) is 12.0 Å². The van der Waals surface area contributed by atoms with Gasteiger partial charge in [-0.2, -0.15) is 18.3 Å². The number of hydrogen-bond acceptors (Lipinski definition) is 4. The summed E-state index contributed by atoms with van der Waals surface area (Å²) in [4.78, 5) is 3.66. The maximum Gasteiger partial charge on any atom is 0.417 e. The lowest BCUT2D eigenvalue weighted by Gasteiger charge is -2.06. The lowest BCUT2D eigenvalue weighted by Crippen LogP contribution is -2.05. The number of aromatic nitrogens is 1. The number of anilines is 1. The standard InChI is InChI=1S/C16H11F3IN3O/c1-2-7-24-14-5-3-11(8-13(14)20)9-22-23-15-6-4-12(10-21-15)16(17,18)19/h1,3-6,8-10H,7H2,(H,21,23)/b22-9-. The number of ether oxygens (including phenoxy) is 1. The molecule has 0 unspecified atom stereocenters. The number of hydrazone groups is 1.